The van der Waals surface area contributed by atoms with Crippen molar-refractivity contribution in [3.63, 3.8) is 0 Å². The van der Waals surface area contributed by atoms with Gasteiger partial charge in [0.15, 0.2) is 0 Å². The van der Waals surface area contributed by atoms with Crippen LogP contribution in [0.3, 0.4) is 0 Å². The maximum atomic E-state index is 11.9. The van der Waals surface area contributed by atoms with Crippen molar-refractivity contribution in [2.45, 2.75) is 52.5 Å². The lowest BCUT2D eigenvalue weighted by atomic mass is 10.2. The minimum Gasteiger partial charge on any atom is -0.326 e. The molecular formula is C17H28N2O. The third-order valence-electron chi connectivity index (χ3n) is 3.46. The van der Waals surface area contributed by atoms with Crippen LogP contribution < -0.4 is 5.32 Å². The second-order valence-corrected chi connectivity index (χ2v) is 5.50. The molecule has 0 aliphatic carbocycles. The third-order valence-corrected chi connectivity index (χ3v) is 3.46. The summed E-state index contributed by atoms with van der Waals surface area (Å²) in [5.74, 6) is 0.0948. The Labute approximate surface area is 123 Å². The molecule has 1 N–H and O–H groups in total. The van der Waals surface area contributed by atoms with Crippen LogP contribution in [0.15, 0.2) is 30.3 Å². The molecule has 0 fully saturated rings. The van der Waals surface area contributed by atoms with E-state index in [0.717, 1.165) is 18.8 Å². The van der Waals surface area contributed by atoms with Crippen molar-refractivity contribution >= 4 is 11.6 Å². The predicted molar refractivity (Wildman–Crippen MR) is 85.9 cm³/mol. The molecule has 3 heteroatoms. The monoisotopic (exact) mass is 276 g/mol. The molecule has 1 rings (SSSR count). The fourth-order valence-electron chi connectivity index (χ4n) is 2.18. The highest BCUT2D eigenvalue weighted by atomic mass is 16.1. The largest absolute Gasteiger partial charge is 0.326 e. The van der Waals surface area contributed by atoms with Crippen LogP contribution in [0, 0.1) is 0 Å². The lowest BCUT2D eigenvalue weighted by Gasteiger charge is -2.26. The summed E-state index contributed by atoms with van der Waals surface area (Å²) in [5.41, 5.74) is 0.875. The van der Waals surface area contributed by atoms with Crippen molar-refractivity contribution in [2.75, 3.05) is 18.4 Å². The van der Waals surface area contributed by atoms with Crippen LogP contribution in [0.1, 0.15) is 46.5 Å². The van der Waals surface area contributed by atoms with Crippen molar-refractivity contribution in [1.82, 2.24) is 4.90 Å². The van der Waals surface area contributed by atoms with E-state index in [9.17, 15) is 4.79 Å². The van der Waals surface area contributed by atoms with Gasteiger partial charge in [-0.25, -0.2) is 0 Å². The molecule has 1 aromatic rings. The predicted octanol–water partition coefficient (Wildman–Crippen LogP) is 3.92. The van der Waals surface area contributed by atoms with Crippen LogP contribution in [-0.4, -0.2) is 29.9 Å². The Morgan fingerprint density at radius 1 is 1.15 bits per heavy atom. The first kappa shape index (κ1) is 16.7. The average molecular weight is 276 g/mol. The molecular weight excluding hydrogens is 248 g/mol. The first-order chi connectivity index (χ1) is 9.63. The number of anilines is 1. The second-order valence-electron chi connectivity index (χ2n) is 5.50. The Balaban J connectivity index is 2.33. The molecule has 0 atom stereocenters. The van der Waals surface area contributed by atoms with Gasteiger partial charge in [-0.05, 0) is 38.9 Å². The number of hydrogen-bond acceptors (Lipinski definition) is 2. The van der Waals surface area contributed by atoms with E-state index in [-0.39, 0.29) is 5.91 Å². The lowest BCUT2D eigenvalue weighted by Crippen LogP contribution is -2.34. The van der Waals surface area contributed by atoms with E-state index in [1.54, 1.807) is 0 Å². The Kier molecular flexibility index (Phi) is 7.97. The van der Waals surface area contributed by atoms with Gasteiger partial charge < -0.3 is 10.2 Å². The number of benzene rings is 1. The average Bonchev–Trinajstić information content (AvgIpc) is 2.43. The minimum atomic E-state index is 0.0948. The first-order valence-electron chi connectivity index (χ1n) is 7.72. The van der Waals surface area contributed by atoms with Gasteiger partial charge in [-0.2, -0.15) is 0 Å². The molecule has 0 aliphatic rings. The van der Waals surface area contributed by atoms with Crippen molar-refractivity contribution in [3.8, 4) is 0 Å². The number of nitrogens with one attached hydrogen (secondary N) is 1. The van der Waals surface area contributed by atoms with E-state index in [2.05, 4.69) is 31.0 Å². The molecule has 20 heavy (non-hydrogen) atoms. The van der Waals surface area contributed by atoms with E-state index in [4.69, 9.17) is 0 Å². The number of rotatable bonds is 9. The molecule has 0 spiro atoms. The van der Waals surface area contributed by atoms with E-state index in [1.807, 2.05) is 30.3 Å². The molecule has 112 valence electrons. The van der Waals surface area contributed by atoms with Crippen LogP contribution in [-0.2, 0) is 4.79 Å². The summed E-state index contributed by atoms with van der Waals surface area (Å²) in [7, 11) is 0. The highest BCUT2D eigenvalue weighted by molar-refractivity contribution is 5.90. The molecule has 0 saturated carbocycles. The molecule has 1 amide bonds. The topological polar surface area (TPSA) is 32.3 Å². The van der Waals surface area contributed by atoms with Gasteiger partial charge in [0.1, 0.15) is 0 Å². The Bertz CT molecular complexity index is 376. The minimum absolute atomic E-state index is 0.0948. The molecule has 1 aromatic carbocycles. The molecule has 3 nitrogen and oxygen atoms in total. The molecule has 0 radical (unpaired) electrons. The summed E-state index contributed by atoms with van der Waals surface area (Å²) in [6.07, 6.45) is 4.27. The number of carbonyl (C=O) groups excluding carboxylic acids is 1. The number of nitrogens with zero attached hydrogens (tertiary/aromatic N) is 1. The highest BCUT2D eigenvalue weighted by Gasteiger charge is 2.11. The number of amides is 1. The Morgan fingerprint density at radius 2 is 1.85 bits per heavy atom. The third kappa shape index (κ3) is 6.71. The SMILES string of the molecule is CCCCCN(CCC(=O)Nc1ccccc1)C(C)C. The zero-order valence-electron chi connectivity index (χ0n) is 13.1. The normalized spacial score (nSPS) is 11.1. The zero-order valence-corrected chi connectivity index (χ0v) is 13.1. The standard InChI is InChI=1S/C17H28N2O/c1-4-5-9-13-19(15(2)3)14-12-17(20)18-16-10-7-6-8-11-16/h6-8,10-11,15H,4-5,9,12-14H2,1-3H3,(H,18,20). The van der Waals surface area contributed by atoms with Crippen molar-refractivity contribution in [2.24, 2.45) is 0 Å². The molecule has 0 heterocycles. The quantitative estimate of drug-likeness (QED) is 0.693. The van der Waals surface area contributed by atoms with Gasteiger partial charge in [0.2, 0.25) is 5.91 Å². The number of unbranched alkanes of at least 4 members (excludes halogenated alkanes) is 2. The summed E-state index contributed by atoms with van der Waals surface area (Å²) in [6.45, 7) is 8.53. The van der Waals surface area contributed by atoms with Crippen molar-refractivity contribution in [3.05, 3.63) is 30.3 Å². The van der Waals surface area contributed by atoms with Gasteiger partial charge in [-0.3, -0.25) is 4.79 Å². The van der Waals surface area contributed by atoms with Gasteiger partial charge in [-0.15, -0.1) is 0 Å². The van der Waals surface area contributed by atoms with Gasteiger partial charge in [-0.1, -0.05) is 38.0 Å². The van der Waals surface area contributed by atoms with Gasteiger partial charge in [0, 0.05) is 24.7 Å². The Morgan fingerprint density at radius 3 is 2.45 bits per heavy atom. The summed E-state index contributed by atoms with van der Waals surface area (Å²) in [6, 6.07) is 10.1. The van der Waals surface area contributed by atoms with Crippen molar-refractivity contribution < 1.29 is 4.79 Å². The van der Waals surface area contributed by atoms with E-state index >= 15 is 0 Å². The fraction of sp³-hybridized carbons (Fsp3) is 0.588. The molecule has 0 unspecified atom stereocenters. The number of carbonyl (C=O) groups is 1. The van der Waals surface area contributed by atoms with E-state index in [0.29, 0.717) is 12.5 Å². The van der Waals surface area contributed by atoms with Gasteiger partial charge in [0.25, 0.3) is 0 Å². The Hall–Kier alpha value is -1.35. The maximum absolute atomic E-state index is 11.9. The van der Waals surface area contributed by atoms with Gasteiger partial charge >= 0.3 is 0 Å². The zero-order chi connectivity index (χ0) is 14.8. The maximum Gasteiger partial charge on any atom is 0.225 e. The summed E-state index contributed by atoms with van der Waals surface area (Å²) in [4.78, 5) is 14.3. The lowest BCUT2D eigenvalue weighted by molar-refractivity contribution is -0.116. The summed E-state index contributed by atoms with van der Waals surface area (Å²) in [5, 5.41) is 2.94. The fourth-order valence-corrected chi connectivity index (χ4v) is 2.18. The van der Waals surface area contributed by atoms with E-state index in [1.165, 1.54) is 19.3 Å². The molecule has 0 bridgehead atoms. The molecule has 0 saturated heterocycles. The van der Waals surface area contributed by atoms with Crippen molar-refractivity contribution in [1.29, 1.82) is 0 Å². The smallest absolute Gasteiger partial charge is 0.225 e. The van der Waals surface area contributed by atoms with Crippen LogP contribution in [0.25, 0.3) is 0 Å². The summed E-state index contributed by atoms with van der Waals surface area (Å²) >= 11 is 0. The first-order valence-corrected chi connectivity index (χ1v) is 7.72. The molecule has 0 aromatic heterocycles. The van der Waals surface area contributed by atoms with Crippen LogP contribution in [0.2, 0.25) is 0 Å². The van der Waals surface area contributed by atoms with E-state index < -0.39 is 0 Å². The van der Waals surface area contributed by atoms with Gasteiger partial charge in [0.05, 0.1) is 0 Å². The summed E-state index contributed by atoms with van der Waals surface area (Å²) < 4.78 is 0. The second kappa shape index (κ2) is 9.54. The van der Waals surface area contributed by atoms with Crippen LogP contribution >= 0.6 is 0 Å². The molecule has 0 aliphatic heterocycles. The number of para-hydroxylation sites is 1. The van der Waals surface area contributed by atoms with Crippen LogP contribution in [0.5, 0.6) is 0 Å². The van der Waals surface area contributed by atoms with Crippen LogP contribution in [0.4, 0.5) is 5.69 Å². The number of hydrogen-bond donors (Lipinski definition) is 1. The highest BCUT2D eigenvalue weighted by Crippen LogP contribution is 2.07.